The first-order chi connectivity index (χ1) is 30.8. The molecule has 0 bridgehead atoms. The monoisotopic (exact) mass is 789 g/mol. The van der Waals surface area contributed by atoms with Crippen molar-refractivity contribution < 1.29 is 8.83 Å². The molecule has 10 aromatic carbocycles. The molecule has 0 atom stereocenters. The zero-order chi connectivity index (χ0) is 40.5. The van der Waals surface area contributed by atoms with Gasteiger partial charge < -0.3 is 13.7 Å². The molecular weight excluding hydrogens is 755 g/mol. The molecule has 1 spiro atoms. The molecule has 0 radical (unpaired) electrons. The van der Waals surface area contributed by atoms with Crippen molar-refractivity contribution in [3.63, 3.8) is 0 Å². The van der Waals surface area contributed by atoms with Crippen LogP contribution in [0, 0.1) is 0 Å². The average molecular weight is 790 g/mol. The van der Waals surface area contributed by atoms with Crippen molar-refractivity contribution in [3.8, 4) is 33.4 Å². The standard InChI is InChI=1S/C59H35NO2/c1-2-17-37(18-3-1)60(38-32-33-43-42-22-8-12-29-51(42)59(52(43)35-38)49-27-10-6-20-40(49)41-21-7-11-28-50(41)59)53-30-15-25-46-48-34-36-16-4-5-19-39(36)55(58(48)62-57(46)53)47-26-14-24-45-44-23-9-13-31-54(44)61-56(45)47/h1-35H. The van der Waals surface area contributed by atoms with E-state index in [4.69, 9.17) is 8.83 Å². The first-order valence-corrected chi connectivity index (χ1v) is 21.3. The molecule has 12 aromatic rings. The minimum atomic E-state index is -0.463. The highest BCUT2D eigenvalue weighted by atomic mass is 16.3. The summed E-state index contributed by atoms with van der Waals surface area (Å²) in [5, 5.41) is 6.60. The molecule has 2 heterocycles. The van der Waals surface area contributed by atoms with E-state index >= 15 is 0 Å². The van der Waals surface area contributed by atoms with Gasteiger partial charge in [0.2, 0.25) is 0 Å². The van der Waals surface area contributed by atoms with E-state index in [0.717, 1.165) is 82.8 Å². The normalized spacial score (nSPS) is 13.3. The zero-order valence-corrected chi connectivity index (χ0v) is 33.5. The van der Waals surface area contributed by atoms with Gasteiger partial charge in [-0.1, -0.05) is 170 Å². The molecule has 0 N–H and O–H groups in total. The van der Waals surface area contributed by atoms with Crippen LogP contribution in [0.1, 0.15) is 22.3 Å². The summed E-state index contributed by atoms with van der Waals surface area (Å²) in [5.74, 6) is 0. The molecule has 0 fully saturated rings. The molecule has 0 saturated heterocycles. The van der Waals surface area contributed by atoms with Crippen LogP contribution in [-0.4, -0.2) is 0 Å². The number of anilines is 3. The number of fused-ring (bicyclic) bond motifs is 17. The van der Waals surface area contributed by atoms with Crippen LogP contribution < -0.4 is 4.90 Å². The van der Waals surface area contributed by atoms with Crippen LogP contribution in [0.3, 0.4) is 0 Å². The summed E-state index contributed by atoms with van der Waals surface area (Å²) in [6, 6.07) is 77.1. The number of nitrogens with zero attached hydrogens (tertiary/aromatic N) is 1. The molecule has 0 amide bonds. The lowest BCUT2D eigenvalue weighted by Crippen LogP contribution is -2.26. The highest BCUT2D eigenvalue weighted by Crippen LogP contribution is 2.63. The van der Waals surface area contributed by atoms with Crippen molar-refractivity contribution in [3.05, 3.63) is 235 Å². The van der Waals surface area contributed by atoms with Crippen LogP contribution in [0.4, 0.5) is 17.1 Å². The van der Waals surface area contributed by atoms with E-state index in [9.17, 15) is 0 Å². The van der Waals surface area contributed by atoms with E-state index in [1.54, 1.807) is 0 Å². The van der Waals surface area contributed by atoms with Gasteiger partial charge in [0.1, 0.15) is 16.7 Å². The Kier molecular flexibility index (Phi) is 6.76. The highest BCUT2D eigenvalue weighted by Gasteiger charge is 2.51. The summed E-state index contributed by atoms with van der Waals surface area (Å²) in [6.45, 7) is 0. The Hall–Kier alpha value is -8.14. The van der Waals surface area contributed by atoms with E-state index in [-0.39, 0.29) is 0 Å². The van der Waals surface area contributed by atoms with Crippen LogP contribution in [0.2, 0.25) is 0 Å². The first-order valence-electron chi connectivity index (χ1n) is 21.3. The summed E-state index contributed by atoms with van der Waals surface area (Å²) in [4.78, 5) is 2.38. The Morgan fingerprint density at radius 1 is 0.323 bits per heavy atom. The zero-order valence-electron chi connectivity index (χ0n) is 33.5. The maximum Gasteiger partial charge on any atom is 0.159 e. The minimum absolute atomic E-state index is 0.463. The van der Waals surface area contributed by atoms with Gasteiger partial charge in [-0.25, -0.2) is 0 Å². The van der Waals surface area contributed by atoms with E-state index in [2.05, 4.69) is 205 Å². The van der Waals surface area contributed by atoms with Gasteiger partial charge in [0, 0.05) is 44.0 Å². The molecule has 2 aromatic heterocycles. The molecule has 3 heteroatoms. The topological polar surface area (TPSA) is 29.5 Å². The van der Waals surface area contributed by atoms with Gasteiger partial charge in [-0.2, -0.15) is 0 Å². The SMILES string of the molecule is c1ccc(N(c2ccc3c(c2)C2(c4ccccc4-c4ccccc42)c2ccccc2-3)c2cccc3c2oc2c(-c4cccc5c4oc4ccccc45)c4ccccc4cc23)cc1. The van der Waals surface area contributed by atoms with E-state index in [1.807, 2.05) is 12.1 Å². The Bertz CT molecular complexity index is 3770. The van der Waals surface area contributed by atoms with E-state index < -0.39 is 5.41 Å². The van der Waals surface area contributed by atoms with Crippen LogP contribution in [0.25, 0.3) is 88.0 Å². The maximum atomic E-state index is 7.37. The van der Waals surface area contributed by atoms with Gasteiger partial charge in [-0.3, -0.25) is 0 Å². The molecule has 2 aliphatic rings. The quantitative estimate of drug-likeness (QED) is 0.178. The lowest BCUT2D eigenvalue weighted by Gasteiger charge is -2.32. The number of para-hydroxylation sites is 4. The fraction of sp³-hybridized carbons (Fsp3) is 0.0169. The summed E-state index contributed by atoms with van der Waals surface area (Å²) in [7, 11) is 0. The third-order valence-corrected chi connectivity index (χ3v) is 13.7. The fourth-order valence-corrected chi connectivity index (χ4v) is 11.2. The second kappa shape index (κ2) is 12.4. The number of rotatable bonds is 4. The van der Waals surface area contributed by atoms with Gasteiger partial charge in [0.25, 0.3) is 0 Å². The molecule has 0 unspecified atom stereocenters. The molecule has 0 saturated carbocycles. The fourth-order valence-electron chi connectivity index (χ4n) is 11.2. The number of hydrogen-bond acceptors (Lipinski definition) is 3. The maximum absolute atomic E-state index is 7.37. The average Bonchev–Trinajstić information content (AvgIpc) is 4.07. The van der Waals surface area contributed by atoms with Gasteiger partial charge in [-0.05, 0) is 97.7 Å². The Morgan fingerprint density at radius 2 is 0.887 bits per heavy atom. The lowest BCUT2D eigenvalue weighted by molar-refractivity contribution is 0.665. The van der Waals surface area contributed by atoms with Crippen molar-refractivity contribution in [1.29, 1.82) is 0 Å². The predicted molar refractivity (Wildman–Crippen MR) is 255 cm³/mol. The Balaban J connectivity index is 1.05. The highest BCUT2D eigenvalue weighted by molar-refractivity contribution is 6.23. The third-order valence-electron chi connectivity index (χ3n) is 13.7. The summed E-state index contributed by atoms with van der Waals surface area (Å²) in [5.41, 5.74) is 18.5. The van der Waals surface area contributed by atoms with Crippen molar-refractivity contribution >= 4 is 71.7 Å². The van der Waals surface area contributed by atoms with E-state index in [1.165, 1.54) is 44.5 Å². The third kappa shape index (κ3) is 4.34. The number of hydrogen-bond donors (Lipinski definition) is 0. The Labute approximate surface area is 357 Å². The second-order valence-electron chi connectivity index (χ2n) is 16.7. The van der Waals surface area contributed by atoms with Crippen LogP contribution in [0.5, 0.6) is 0 Å². The predicted octanol–water partition coefficient (Wildman–Crippen LogP) is 16.1. The van der Waals surface area contributed by atoms with Crippen LogP contribution in [0.15, 0.2) is 221 Å². The first kappa shape index (κ1) is 33.7. The molecular formula is C59H35NO2. The van der Waals surface area contributed by atoms with Gasteiger partial charge >= 0.3 is 0 Å². The number of benzene rings is 10. The smallest absolute Gasteiger partial charge is 0.159 e. The molecule has 288 valence electrons. The second-order valence-corrected chi connectivity index (χ2v) is 16.7. The van der Waals surface area contributed by atoms with Gasteiger partial charge in [-0.15, -0.1) is 0 Å². The van der Waals surface area contributed by atoms with Crippen molar-refractivity contribution in [2.45, 2.75) is 5.41 Å². The van der Waals surface area contributed by atoms with Crippen molar-refractivity contribution in [2.75, 3.05) is 4.90 Å². The molecule has 3 nitrogen and oxygen atoms in total. The molecule has 62 heavy (non-hydrogen) atoms. The van der Waals surface area contributed by atoms with Crippen LogP contribution in [-0.2, 0) is 5.41 Å². The molecule has 14 rings (SSSR count). The summed E-state index contributed by atoms with van der Waals surface area (Å²) >= 11 is 0. The molecule has 0 aliphatic heterocycles. The van der Waals surface area contributed by atoms with E-state index in [0.29, 0.717) is 0 Å². The summed E-state index contributed by atoms with van der Waals surface area (Å²) in [6.07, 6.45) is 0. The Morgan fingerprint density at radius 3 is 1.63 bits per heavy atom. The van der Waals surface area contributed by atoms with Gasteiger partial charge in [0.05, 0.1) is 11.1 Å². The van der Waals surface area contributed by atoms with Crippen molar-refractivity contribution in [1.82, 2.24) is 0 Å². The molecule has 2 aliphatic carbocycles. The lowest BCUT2D eigenvalue weighted by atomic mass is 9.70. The van der Waals surface area contributed by atoms with Gasteiger partial charge in [0.15, 0.2) is 5.58 Å². The summed E-state index contributed by atoms with van der Waals surface area (Å²) < 4.78 is 14.1. The minimum Gasteiger partial charge on any atom is -0.455 e. The van der Waals surface area contributed by atoms with Crippen molar-refractivity contribution in [2.24, 2.45) is 0 Å². The number of furan rings is 2. The largest absolute Gasteiger partial charge is 0.455 e. The van der Waals surface area contributed by atoms with Crippen LogP contribution >= 0.6 is 0 Å².